The predicted molar refractivity (Wildman–Crippen MR) is 129 cm³/mol. The van der Waals surface area contributed by atoms with Crippen molar-refractivity contribution in [1.82, 2.24) is 9.55 Å². The number of ether oxygens (including phenoxy) is 2. The molecule has 0 saturated carbocycles. The van der Waals surface area contributed by atoms with Crippen LogP contribution in [0, 0.1) is 0 Å². The first-order chi connectivity index (χ1) is 16.7. The van der Waals surface area contributed by atoms with Crippen LogP contribution in [0.4, 0.5) is 5.69 Å². The minimum atomic E-state index is -0.941. The summed E-state index contributed by atoms with van der Waals surface area (Å²) in [5.41, 5.74) is 3.96. The Bertz CT molecular complexity index is 1230. The lowest BCUT2D eigenvalue weighted by atomic mass is 10.1. The van der Waals surface area contributed by atoms with E-state index in [0.717, 1.165) is 22.6 Å². The molecular formula is C27H25N3O4. The SMILES string of the molecule is O=C(O)c1cccc(N2CC(Oc3ccc(COCc4cccnc4)cc3)C2)c1-n1cccc1. The minimum Gasteiger partial charge on any atom is -0.487 e. The van der Waals surface area contributed by atoms with E-state index in [9.17, 15) is 9.90 Å². The fraction of sp³-hybridized carbons (Fsp3) is 0.185. The Balaban J connectivity index is 1.17. The number of aromatic carboxylic acids is 1. The summed E-state index contributed by atoms with van der Waals surface area (Å²) in [6, 6.07) is 21.0. The highest BCUT2D eigenvalue weighted by Crippen LogP contribution is 2.32. The van der Waals surface area contributed by atoms with Crippen LogP contribution < -0.4 is 9.64 Å². The summed E-state index contributed by atoms with van der Waals surface area (Å²) in [5.74, 6) is -0.131. The molecule has 2 aromatic carbocycles. The maximum Gasteiger partial charge on any atom is 0.337 e. The van der Waals surface area contributed by atoms with Crippen LogP contribution in [0.25, 0.3) is 5.69 Å². The van der Waals surface area contributed by atoms with Gasteiger partial charge >= 0.3 is 5.97 Å². The van der Waals surface area contributed by atoms with Gasteiger partial charge in [0.1, 0.15) is 11.9 Å². The second kappa shape index (κ2) is 9.80. The molecule has 172 valence electrons. The number of benzene rings is 2. The lowest BCUT2D eigenvalue weighted by Crippen LogP contribution is -2.54. The van der Waals surface area contributed by atoms with Crippen LogP contribution in [0.15, 0.2) is 91.5 Å². The van der Waals surface area contributed by atoms with Crippen molar-refractivity contribution in [2.45, 2.75) is 19.3 Å². The van der Waals surface area contributed by atoms with Gasteiger partial charge < -0.3 is 24.0 Å². The normalized spacial score (nSPS) is 13.5. The van der Waals surface area contributed by atoms with Gasteiger partial charge in [0.15, 0.2) is 0 Å². The van der Waals surface area contributed by atoms with E-state index in [4.69, 9.17) is 9.47 Å². The number of aromatic nitrogens is 2. The third-order valence-corrected chi connectivity index (χ3v) is 5.78. The molecule has 1 saturated heterocycles. The number of hydrogen-bond donors (Lipinski definition) is 1. The summed E-state index contributed by atoms with van der Waals surface area (Å²) in [6.07, 6.45) is 7.32. The van der Waals surface area contributed by atoms with Gasteiger partial charge in [-0.3, -0.25) is 4.98 Å². The van der Waals surface area contributed by atoms with Crippen molar-refractivity contribution in [1.29, 1.82) is 0 Å². The van der Waals surface area contributed by atoms with Crippen LogP contribution in [0.5, 0.6) is 5.75 Å². The third kappa shape index (κ3) is 4.79. The molecule has 0 atom stereocenters. The van der Waals surface area contributed by atoms with E-state index < -0.39 is 5.97 Å². The Hall–Kier alpha value is -4.10. The summed E-state index contributed by atoms with van der Waals surface area (Å²) in [4.78, 5) is 18.0. The fourth-order valence-corrected chi connectivity index (χ4v) is 4.05. The van der Waals surface area contributed by atoms with E-state index in [1.54, 1.807) is 24.5 Å². The zero-order valence-electron chi connectivity index (χ0n) is 18.6. The van der Waals surface area contributed by atoms with Gasteiger partial charge in [-0.15, -0.1) is 0 Å². The van der Waals surface area contributed by atoms with Crippen LogP contribution in [-0.2, 0) is 18.0 Å². The number of hydrogen-bond acceptors (Lipinski definition) is 5. The van der Waals surface area contributed by atoms with Gasteiger partial charge in [0.25, 0.3) is 0 Å². The van der Waals surface area contributed by atoms with Gasteiger partial charge in [-0.1, -0.05) is 24.3 Å². The highest BCUT2D eigenvalue weighted by Gasteiger charge is 2.31. The zero-order chi connectivity index (χ0) is 23.3. The largest absolute Gasteiger partial charge is 0.487 e. The van der Waals surface area contributed by atoms with Crippen molar-refractivity contribution in [3.8, 4) is 11.4 Å². The molecule has 0 bridgehead atoms. The Morgan fingerprint density at radius 2 is 1.71 bits per heavy atom. The number of para-hydroxylation sites is 1. The Kier molecular flexibility index (Phi) is 6.27. The summed E-state index contributed by atoms with van der Waals surface area (Å²) < 4.78 is 13.7. The van der Waals surface area contributed by atoms with Gasteiger partial charge in [-0.2, -0.15) is 0 Å². The average molecular weight is 456 g/mol. The molecule has 4 aromatic rings. The maximum atomic E-state index is 11.8. The molecule has 7 heteroatoms. The van der Waals surface area contributed by atoms with Gasteiger partial charge in [0.2, 0.25) is 0 Å². The lowest BCUT2D eigenvalue weighted by molar-refractivity contribution is 0.0697. The van der Waals surface area contributed by atoms with Crippen molar-refractivity contribution >= 4 is 11.7 Å². The predicted octanol–water partition coefficient (Wildman–Crippen LogP) is 4.55. The van der Waals surface area contributed by atoms with Crippen molar-refractivity contribution in [3.63, 3.8) is 0 Å². The van der Waals surface area contributed by atoms with Crippen LogP contribution in [0.1, 0.15) is 21.5 Å². The maximum absolute atomic E-state index is 11.8. The highest BCUT2D eigenvalue weighted by atomic mass is 16.5. The van der Waals surface area contributed by atoms with E-state index >= 15 is 0 Å². The third-order valence-electron chi connectivity index (χ3n) is 5.78. The van der Waals surface area contributed by atoms with E-state index in [0.29, 0.717) is 32.0 Å². The first-order valence-electron chi connectivity index (χ1n) is 11.1. The molecule has 0 unspecified atom stereocenters. The monoisotopic (exact) mass is 455 g/mol. The molecule has 0 amide bonds. The standard InChI is InChI=1S/C27H25N3O4/c31-27(32)24-6-3-7-25(26(24)29-13-1-2-14-29)30-16-23(17-30)34-22-10-8-20(9-11-22)18-33-19-21-5-4-12-28-15-21/h1-15,23H,16-19H2,(H,31,32). The Morgan fingerprint density at radius 1 is 0.941 bits per heavy atom. The van der Waals surface area contributed by atoms with Gasteiger partial charge in [0.05, 0.1) is 43.2 Å². The molecule has 7 nitrogen and oxygen atoms in total. The Labute approximate surface area is 197 Å². The van der Waals surface area contributed by atoms with Gasteiger partial charge in [-0.25, -0.2) is 4.79 Å². The average Bonchev–Trinajstić information content (AvgIpc) is 3.37. The first-order valence-corrected chi connectivity index (χ1v) is 11.1. The summed E-state index contributed by atoms with van der Waals surface area (Å²) in [5, 5.41) is 9.67. The van der Waals surface area contributed by atoms with Crippen LogP contribution >= 0.6 is 0 Å². The number of nitrogens with zero attached hydrogens (tertiary/aromatic N) is 3. The summed E-state index contributed by atoms with van der Waals surface area (Å²) in [7, 11) is 0. The van der Waals surface area contributed by atoms with E-state index in [1.807, 2.05) is 71.6 Å². The lowest BCUT2D eigenvalue weighted by Gasteiger charge is -2.41. The highest BCUT2D eigenvalue weighted by molar-refractivity contribution is 5.95. The van der Waals surface area contributed by atoms with Crippen molar-refractivity contribution in [2.75, 3.05) is 18.0 Å². The molecule has 34 heavy (non-hydrogen) atoms. The van der Waals surface area contributed by atoms with Crippen molar-refractivity contribution in [3.05, 3.63) is 108 Å². The van der Waals surface area contributed by atoms with E-state index in [2.05, 4.69) is 9.88 Å². The van der Waals surface area contributed by atoms with Gasteiger partial charge in [0, 0.05) is 24.8 Å². The molecule has 0 spiro atoms. The van der Waals surface area contributed by atoms with Crippen LogP contribution in [-0.4, -0.2) is 39.8 Å². The van der Waals surface area contributed by atoms with E-state index in [1.165, 1.54) is 0 Å². The quantitative estimate of drug-likeness (QED) is 0.399. The van der Waals surface area contributed by atoms with Crippen molar-refractivity contribution < 1.29 is 19.4 Å². The number of carboxylic acids is 1. The zero-order valence-corrected chi connectivity index (χ0v) is 18.6. The number of carboxylic acid groups (broad SMARTS) is 1. The molecule has 1 aliphatic heterocycles. The molecule has 0 aliphatic carbocycles. The molecule has 2 aromatic heterocycles. The molecule has 3 heterocycles. The van der Waals surface area contributed by atoms with E-state index in [-0.39, 0.29) is 11.7 Å². The first kappa shape index (κ1) is 21.7. The smallest absolute Gasteiger partial charge is 0.337 e. The molecule has 1 N–H and O–H groups in total. The minimum absolute atomic E-state index is 0.0404. The second-order valence-corrected chi connectivity index (χ2v) is 8.21. The molecular weight excluding hydrogens is 430 g/mol. The van der Waals surface area contributed by atoms with Crippen LogP contribution in [0.2, 0.25) is 0 Å². The number of anilines is 1. The molecule has 1 aliphatic rings. The second-order valence-electron chi connectivity index (χ2n) is 8.21. The fourth-order valence-electron chi connectivity index (χ4n) is 4.05. The number of rotatable bonds is 9. The molecule has 5 rings (SSSR count). The summed E-state index contributed by atoms with van der Waals surface area (Å²) in [6.45, 7) is 2.42. The van der Waals surface area contributed by atoms with Crippen LogP contribution in [0.3, 0.4) is 0 Å². The van der Waals surface area contributed by atoms with Crippen molar-refractivity contribution in [2.24, 2.45) is 0 Å². The van der Waals surface area contributed by atoms with Gasteiger partial charge in [-0.05, 0) is 53.6 Å². The number of pyridine rings is 1. The molecule has 1 fully saturated rings. The Morgan fingerprint density at radius 3 is 2.41 bits per heavy atom. The molecule has 0 radical (unpaired) electrons. The number of carbonyl (C=O) groups is 1. The summed E-state index contributed by atoms with van der Waals surface area (Å²) >= 11 is 0. The topological polar surface area (TPSA) is 76.8 Å².